The highest BCUT2D eigenvalue weighted by Crippen LogP contribution is 2.47. The van der Waals surface area contributed by atoms with Crippen molar-refractivity contribution in [3.8, 4) is 5.75 Å². The molecule has 0 fully saturated rings. The second kappa shape index (κ2) is 11.6. The van der Waals surface area contributed by atoms with Crippen molar-refractivity contribution in [3.63, 3.8) is 0 Å². The van der Waals surface area contributed by atoms with E-state index in [-0.39, 0.29) is 5.91 Å². The number of rotatable bonds is 8. The van der Waals surface area contributed by atoms with Crippen molar-refractivity contribution in [1.82, 2.24) is 4.90 Å². The Morgan fingerprint density at radius 2 is 1.72 bits per heavy atom. The minimum Gasteiger partial charge on any atom is -0.497 e. The van der Waals surface area contributed by atoms with Crippen molar-refractivity contribution in [1.29, 1.82) is 0 Å². The van der Waals surface area contributed by atoms with Gasteiger partial charge >= 0.3 is 5.97 Å². The summed E-state index contributed by atoms with van der Waals surface area (Å²) in [5, 5.41) is -0.401. The van der Waals surface area contributed by atoms with Crippen LogP contribution in [0.25, 0.3) is 0 Å². The zero-order chi connectivity index (χ0) is 25.7. The molecule has 1 heterocycles. The minimum absolute atomic E-state index is 0.213. The number of carbonyl (C=O) groups excluding carboxylic acids is 2. The van der Waals surface area contributed by atoms with Gasteiger partial charge in [0.2, 0.25) is 0 Å². The number of benzene rings is 3. The number of thioether (sulfide) groups is 1. The largest absolute Gasteiger partial charge is 0.497 e. The molecule has 7 heteroatoms. The summed E-state index contributed by atoms with van der Waals surface area (Å²) < 4.78 is 11.0. The van der Waals surface area contributed by atoms with Gasteiger partial charge in [0.25, 0.3) is 5.91 Å². The molecule has 0 saturated carbocycles. The molecule has 0 spiro atoms. The Labute approximate surface area is 217 Å². The van der Waals surface area contributed by atoms with Crippen LogP contribution in [0.1, 0.15) is 28.9 Å². The third-order valence-corrected chi connectivity index (χ3v) is 7.47. The number of amides is 1. The van der Waals surface area contributed by atoms with Gasteiger partial charge < -0.3 is 19.3 Å². The van der Waals surface area contributed by atoms with Crippen LogP contribution in [0.3, 0.4) is 0 Å². The molecule has 188 valence electrons. The first-order valence-corrected chi connectivity index (χ1v) is 12.8. The summed E-state index contributed by atoms with van der Waals surface area (Å²) in [5.74, 6) is 0.0385. The molecule has 1 amide bonds. The van der Waals surface area contributed by atoms with Crippen molar-refractivity contribution in [2.75, 3.05) is 39.2 Å². The fraction of sp³-hybridized carbons (Fsp3) is 0.310. The van der Waals surface area contributed by atoms with Crippen LogP contribution >= 0.6 is 11.8 Å². The monoisotopic (exact) mass is 504 g/mol. The van der Waals surface area contributed by atoms with Gasteiger partial charge in [-0.25, -0.2) is 0 Å². The standard InChI is InChI=1S/C29H32N2O4S/c1-20(32)35-27-28(23-11-13-24(34-4)14-12-23)36-26-19-22(18-21-8-6-5-7-9-21)10-15-25(26)31(29(27)33)17-16-30(2)3/h5-15,19,27-28H,16-18H2,1-4H3. The summed E-state index contributed by atoms with van der Waals surface area (Å²) in [4.78, 5) is 30.9. The van der Waals surface area contributed by atoms with Gasteiger partial charge in [-0.2, -0.15) is 0 Å². The number of esters is 1. The lowest BCUT2D eigenvalue weighted by molar-refractivity contribution is -0.152. The second-order valence-electron chi connectivity index (χ2n) is 9.10. The second-order valence-corrected chi connectivity index (χ2v) is 10.3. The summed E-state index contributed by atoms with van der Waals surface area (Å²) in [6.45, 7) is 2.52. The number of hydrogen-bond donors (Lipinski definition) is 0. The highest BCUT2D eigenvalue weighted by atomic mass is 32.2. The van der Waals surface area contributed by atoms with E-state index in [2.05, 4.69) is 24.3 Å². The molecule has 36 heavy (non-hydrogen) atoms. The van der Waals surface area contributed by atoms with E-state index in [0.29, 0.717) is 13.1 Å². The smallest absolute Gasteiger partial charge is 0.303 e. The third-order valence-electron chi connectivity index (χ3n) is 6.11. The number of carbonyl (C=O) groups is 2. The molecule has 0 saturated heterocycles. The van der Waals surface area contributed by atoms with Gasteiger partial charge in [0.05, 0.1) is 18.0 Å². The fourth-order valence-electron chi connectivity index (χ4n) is 4.28. The number of nitrogens with zero attached hydrogens (tertiary/aromatic N) is 2. The van der Waals surface area contributed by atoms with Crippen molar-refractivity contribution in [2.45, 2.75) is 29.6 Å². The normalized spacial score (nSPS) is 17.5. The predicted octanol–water partition coefficient (Wildman–Crippen LogP) is 4.96. The Hall–Kier alpha value is -3.29. The molecule has 1 aliphatic rings. The van der Waals surface area contributed by atoms with Crippen molar-refractivity contribution in [2.24, 2.45) is 0 Å². The molecule has 0 aromatic heterocycles. The lowest BCUT2D eigenvalue weighted by Gasteiger charge is -2.28. The van der Waals surface area contributed by atoms with Crippen LogP contribution in [0.4, 0.5) is 5.69 Å². The number of methoxy groups -OCH3 is 1. The topological polar surface area (TPSA) is 59.1 Å². The van der Waals surface area contributed by atoms with Crippen LogP contribution in [0.15, 0.2) is 77.7 Å². The van der Waals surface area contributed by atoms with Gasteiger partial charge in [-0.1, -0.05) is 48.5 Å². The quantitative estimate of drug-likeness (QED) is 0.404. The van der Waals surface area contributed by atoms with E-state index in [1.165, 1.54) is 12.5 Å². The molecule has 0 N–H and O–H groups in total. The summed E-state index contributed by atoms with van der Waals surface area (Å²) in [5.41, 5.74) is 4.12. The number of hydrogen-bond acceptors (Lipinski definition) is 6. The molecular weight excluding hydrogens is 472 g/mol. The lowest BCUT2D eigenvalue weighted by Crippen LogP contribution is -2.45. The highest BCUT2D eigenvalue weighted by molar-refractivity contribution is 7.99. The number of fused-ring (bicyclic) bond motifs is 1. The van der Waals surface area contributed by atoms with Gasteiger partial charge in [-0.3, -0.25) is 9.59 Å². The minimum atomic E-state index is -0.951. The van der Waals surface area contributed by atoms with E-state index < -0.39 is 17.3 Å². The van der Waals surface area contributed by atoms with Crippen LogP contribution in [0.2, 0.25) is 0 Å². The maximum atomic E-state index is 13.9. The number of anilines is 1. The van der Waals surface area contributed by atoms with Crippen LogP contribution < -0.4 is 9.64 Å². The van der Waals surface area contributed by atoms with Gasteiger partial charge in [-0.15, -0.1) is 11.8 Å². The Morgan fingerprint density at radius 3 is 2.36 bits per heavy atom. The van der Waals surface area contributed by atoms with E-state index in [1.54, 1.807) is 23.8 Å². The first-order chi connectivity index (χ1) is 17.4. The van der Waals surface area contributed by atoms with Gasteiger partial charge in [0.15, 0.2) is 6.10 Å². The van der Waals surface area contributed by atoms with E-state index in [4.69, 9.17) is 9.47 Å². The van der Waals surface area contributed by atoms with E-state index in [0.717, 1.165) is 33.9 Å². The van der Waals surface area contributed by atoms with Gasteiger partial charge in [0.1, 0.15) is 5.75 Å². The zero-order valence-electron chi connectivity index (χ0n) is 21.1. The van der Waals surface area contributed by atoms with Gasteiger partial charge in [-0.05, 0) is 61.5 Å². The van der Waals surface area contributed by atoms with Crippen molar-refractivity contribution < 1.29 is 19.1 Å². The molecule has 2 unspecified atom stereocenters. The Balaban J connectivity index is 1.78. The Kier molecular flexibility index (Phi) is 8.33. The molecule has 3 aromatic rings. The lowest BCUT2D eigenvalue weighted by atomic mass is 10.0. The fourth-order valence-corrected chi connectivity index (χ4v) is 5.66. The van der Waals surface area contributed by atoms with Crippen molar-refractivity contribution >= 4 is 29.3 Å². The number of ether oxygens (including phenoxy) is 2. The summed E-state index contributed by atoms with van der Waals surface area (Å²) in [6.07, 6.45) is -0.158. The van der Waals surface area contributed by atoms with Gasteiger partial charge in [0, 0.05) is 24.9 Å². The maximum absolute atomic E-state index is 13.9. The van der Waals surface area contributed by atoms with Crippen LogP contribution in [-0.4, -0.2) is 57.2 Å². The van der Waals surface area contributed by atoms with Crippen molar-refractivity contribution in [3.05, 3.63) is 89.5 Å². The summed E-state index contributed by atoms with van der Waals surface area (Å²) >= 11 is 1.57. The molecule has 6 nitrogen and oxygen atoms in total. The Bertz CT molecular complexity index is 1200. The molecule has 3 aromatic carbocycles. The molecule has 0 bridgehead atoms. The first-order valence-electron chi connectivity index (χ1n) is 12.0. The highest BCUT2D eigenvalue weighted by Gasteiger charge is 2.40. The SMILES string of the molecule is COc1ccc(C2Sc3cc(Cc4ccccc4)ccc3N(CCN(C)C)C(=O)C2OC(C)=O)cc1. The molecular formula is C29H32N2O4S. The molecule has 0 radical (unpaired) electrons. The third kappa shape index (κ3) is 6.09. The molecule has 1 aliphatic heterocycles. The van der Waals surface area contributed by atoms with E-state index in [9.17, 15) is 9.59 Å². The van der Waals surface area contributed by atoms with Crippen LogP contribution in [-0.2, 0) is 20.7 Å². The van der Waals surface area contributed by atoms with E-state index in [1.807, 2.05) is 67.5 Å². The average Bonchev–Trinajstić information content (AvgIpc) is 2.97. The summed E-state index contributed by atoms with van der Waals surface area (Å²) in [6, 6.07) is 24.2. The zero-order valence-corrected chi connectivity index (χ0v) is 22.0. The number of likely N-dealkylation sites (N-methyl/N-ethyl adjacent to an activating group) is 1. The van der Waals surface area contributed by atoms with Crippen LogP contribution in [0.5, 0.6) is 5.75 Å². The average molecular weight is 505 g/mol. The summed E-state index contributed by atoms with van der Waals surface area (Å²) in [7, 11) is 5.57. The molecule has 4 rings (SSSR count). The first kappa shape index (κ1) is 25.8. The van der Waals surface area contributed by atoms with E-state index >= 15 is 0 Å². The molecule has 2 atom stereocenters. The Morgan fingerprint density at radius 1 is 1.00 bits per heavy atom. The van der Waals surface area contributed by atoms with Crippen LogP contribution in [0, 0.1) is 0 Å². The molecule has 0 aliphatic carbocycles. The predicted molar refractivity (Wildman–Crippen MR) is 144 cm³/mol. The maximum Gasteiger partial charge on any atom is 0.303 e.